The van der Waals surface area contributed by atoms with Gasteiger partial charge in [0.2, 0.25) is 5.91 Å². The molecule has 0 bridgehead atoms. The molecule has 104 valence electrons. The highest BCUT2D eigenvalue weighted by Gasteiger charge is 2.05. The highest BCUT2D eigenvalue weighted by molar-refractivity contribution is 6.06. The van der Waals surface area contributed by atoms with Gasteiger partial charge in [-0.1, -0.05) is 18.2 Å². The van der Waals surface area contributed by atoms with Crippen molar-refractivity contribution in [2.24, 2.45) is 0 Å². The van der Waals surface area contributed by atoms with Crippen LogP contribution in [0.1, 0.15) is 11.5 Å². The molecular weight excluding hydrogens is 264 g/mol. The molecule has 0 unspecified atom stereocenters. The molecule has 0 spiro atoms. The number of amides is 1. The number of fused-ring (bicyclic) bond motifs is 1. The topological polar surface area (TPSA) is 55.1 Å². The number of para-hydroxylation sites is 1. The molecule has 21 heavy (non-hydrogen) atoms. The molecule has 3 rings (SSSR count). The van der Waals surface area contributed by atoms with Crippen molar-refractivity contribution in [1.82, 2.24) is 4.98 Å². The lowest BCUT2D eigenvalue weighted by Crippen LogP contribution is -2.08. The van der Waals surface area contributed by atoms with Gasteiger partial charge in [0.1, 0.15) is 5.76 Å². The van der Waals surface area contributed by atoms with Crippen molar-refractivity contribution < 1.29 is 9.21 Å². The first-order chi connectivity index (χ1) is 10.2. The molecule has 2 heterocycles. The fourth-order valence-corrected chi connectivity index (χ4v) is 2.06. The zero-order valence-corrected chi connectivity index (χ0v) is 11.5. The minimum atomic E-state index is -0.220. The highest BCUT2D eigenvalue weighted by Crippen LogP contribution is 2.21. The summed E-state index contributed by atoms with van der Waals surface area (Å²) >= 11 is 0. The minimum Gasteiger partial charge on any atom is -0.465 e. The number of nitrogens with one attached hydrogen (secondary N) is 1. The number of carbonyl (C=O) groups is 1. The van der Waals surface area contributed by atoms with Crippen LogP contribution in [0.5, 0.6) is 0 Å². The van der Waals surface area contributed by atoms with Gasteiger partial charge in [0.15, 0.2) is 0 Å². The molecule has 1 amide bonds. The zero-order chi connectivity index (χ0) is 14.7. The predicted octanol–water partition coefficient (Wildman–Crippen LogP) is 3.79. The van der Waals surface area contributed by atoms with Gasteiger partial charge in [-0.2, -0.15) is 0 Å². The average molecular weight is 278 g/mol. The van der Waals surface area contributed by atoms with E-state index in [4.69, 9.17) is 4.42 Å². The number of rotatable bonds is 3. The van der Waals surface area contributed by atoms with Gasteiger partial charge in [-0.05, 0) is 37.3 Å². The van der Waals surface area contributed by atoms with Crippen LogP contribution in [-0.2, 0) is 4.79 Å². The second-order valence-corrected chi connectivity index (χ2v) is 4.67. The Bertz CT molecular complexity index is 805. The van der Waals surface area contributed by atoms with Gasteiger partial charge in [0.25, 0.3) is 0 Å². The third kappa shape index (κ3) is 3.00. The molecule has 2 aromatic heterocycles. The van der Waals surface area contributed by atoms with Crippen molar-refractivity contribution in [2.45, 2.75) is 6.92 Å². The first-order valence-corrected chi connectivity index (χ1v) is 6.61. The van der Waals surface area contributed by atoms with Crippen LogP contribution in [0, 0.1) is 6.92 Å². The van der Waals surface area contributed by atoms with Gasteiger partial charge in [0.05, 0.1) is 17.5 Å². The zero-order valence-electron chi connectivity index (χ0n) is 11.5. The molecule has 4 nitrogen and oxygen atoms in total. The Labute approximate surface area is 122 Å². The summed E-state index contributed by atoms with van der Waals surface area (Å²) in [6, 6.07) is 13.2. The van der Waals surface area contributed by atoms with Crippen molar-refractivity contribution in [3.63, 3.8) is 0 Å². The number of aromatic nitrogens is 1. The number of carbonyl (C=O) groups excluding carboxylic acids is 1. The first kappa shape index (κ1) is 13.1. The molecule has 3 aromatic rings. The summed E-state index contributed by atoms with van der Waals surface area (Å²) in [5.74, 6) is 0.416. The van der Waals surface area contributed by atoms with Gasteiger partial charge in [-0.25, -0.2) is 0 Å². The van der Waals surface area contributed by atoms with E-state index in [9.17, 15) is 4.79 Å². The molecule has 0 aliphatic rings. The van der Waals surface area contributed by atoms with Gasteiger partial charge >= 0.3 is 0 Å². The van der Waals surface area contributed by atoms with Gasteiger partial charge in [-0.15, -0.1) is 0 Å². The molecule has 0 saturated carbocycles. The lowest BCUT2D eigenvalue weighted by atomic mass is 10.1. The molecule has 0 aliphatic heterocycles. The highest BCUT2D eigenvalue weighted by atomic mass is 16.3. The first-order valence-electron chi connectivity index (χ1n) is 6.61. The summed E-state index contributed by atoms with van der Waals surface area (Å²) in [5, 5.41) is 3.84. The van der Waals surface area contributed by atoms with E-state index in [0.717, 1.165) is 16.6 Å². The van der Waals surface area contributed by atoms with Crippen molar-refractivity contribution in [3.8, 4) is 0 Å². The molecule has 1 aromatic carbocycles. The monoisotopic (exact) mass is 278 g/mol. The summed E-state index contributed by atoms with van der Waals surface area (Å²) in [4.78, 5) is 16.5. The molecule has 0 radical (unpaired) electrons. The van der Waals surface area contributed by atoms with Crippen LogP contribution in [0.4, 0.5) is 5.69 Å². The van der Waals surface area contributed by atoms with Crippen molar-refractivity contribution >= 4 is 28.6 Å². The number of furan rings is 1. The standard InChI is InChI=1S/C17H14N2O2/c1-12-7-8-13-4-2-6-15(17(13)18-12)19-16(20)10-9-14-5-3-11-21-14/h2-11H,1H3,(H,19,20)/b10-9+. The fourth-order valence-electron chi connectivity index (χ4n) is 2.06. The lowest BCUT2D eigenvalue weighted by molar-refractivity contribution is -0.111. The number of nitrogens with zero attached hydrogens (tertiary/aromatic N) is 1. The van der Waals surface area contributed by atoms with Gasteiger partial charge in [-0.3, -0.25) is 9.78 Å². The smallest absolute Gasteiger partial charge is 0.248 e. The number of anilines is 1. The Kier molecular flexibility index (Phi) is 3.51. The van der Waals surface area contributed by atoms with Crippen LogP contribution in [-0.4, -0.2) is 10.9 Å². The average Bonchev–Trinajstić information content (AvgIpc) is 2.99. The maximum Gasteiger partial charge on any atom is 0.248 e. The Balaban J connectivity index is 1.84. The third-order valence-electron chi connectivity index (χ3n) is 3.06. The third-order valence-corrected chi connectivity index (χ3v) is 3.06. The minimum absolute atomic E-state index is 0.220. The molecule has 0 atom stereocenters. The fraction of sp³-hybridized carbons (Fsp3) is 0.0588. The van der Waals surface area contributed by atoms with Crippen LogP contribution in [0.2, 0.25) is 0 Å². The van der Waals surface area contributed by atoms with Crippen LogP contribution in [0.25, 0.3) is 17.0 Å². The quantitative estimate of drug-likeness (QED) is 0.742. The maximum absolute atomic E-state index is 12.0. The summed E-state index contributed by atoms with van der Waals surface area (Å²) < 4.78 is 5.14. The van der Waals surface area contributed by atoms with E-state index in [2.05, 4.69) is 10.3 Å². The van der Waals surface area contributed by atoms with Crippen molar-refractivity contribution in [3.05, 3.63) is 66.3 Å². The number of aryl methyl sites for hydroxylation is 1. The van der Waals surface area contributed by atoms with E-state index >= 15 is 0 Å². The Morgan fingerprint density at radius 2 is 2.10 bits per heavy atom. The van der Waals surface area contributed by atoms with E-state index in [0.29, 0.717) is 11.4 Å². The predicted molar refractivity (Wildman–Crippen MR) is 82.9 cm³/mol. The SMILES string of the molecule is Cc1ccc2cccc(NC(=O)/C=C/c3ccco3)c2n1. The van der Waals surface area contributed by atoms with Gasteiger partial charge < -0.3 is 9.73 Å². The molecule has 1 N–H and O–H groups in total. The molecule has 0 aliphatic carbocycles. The largest absolute Gasteiger partial charge is 0.465 e. The second-order valence-electron chi connectivity index (χ2n) is 4.67. The lowest BCUT2D eigenvalue weighted by Gasteiger charge is -2.06. The number of pyridine rings is 1. The van der Waals surface area contributed by atoms with Crippen molar-refractivity contribution in [2.75, 3.05) is 5.32 Å². The Morgan fingerprint density at radius 3 is 2.90 bits per heavy atom. The second kappa shape index (κ2) is 5.63. The van der Waals surface area contributed by atoms with E-state index in [1.165, 1.54) is 6.08 Å². The normalized spacial score (nSPS) is 11.1. The summed E-state index contributed by atoms with van der Waals surface area (Å²) in [6.45, 7) is 1.93. The summed E-state index contributed by atoms with van der Waals surface area (Å²) in [7, 11) is 0. The molecule has 4 heteroatoms. The van der Waals surface area contributed by atoms with E-state index < -0.39 is 0 Å². The van der Waals surface area contributed by atoms with Crippen LogP contribution >= 0.6 is 0 Å². The van der Waals surface area contributed by atoms with Crippen LogP contribution < -0.4 is 5.32 Å². The Hall–Kier alpha value is -2.88. The van der Waals surface area contributed by atoms with Crippen LogP contribution in [0.15, 0.2) is 59.2 Å². The van der Waals surface area contributed by atoms with Crippen LogP contribution in [0.3, 0.4) is 0 Å². The van der Waals surface area contributed by atoms with E-state index in [1.54, 1.807) is 24.5 Å². The van der Waals surface area contributed by atoms with Gasteiger partial charge in [0, 0.05) is 17.2 Å². The van der Waals surface area contributed by atoms with E-state index in [1.807, 2.05) is 37.3 Å². The van der Waals surface area contributed by atoms with Crippen molar-refractivity contribution in [1.29, 1.82) is 0 Å². The summed E-state index contributed by atoms with van der Waals surface area (Å²) in [6.07, 6.45) is 4.63. The van der Waals surface area contributed by atoms with E-state index in [-0.39, 0.29) is 5.91 Å². The number of hydrogen-bond donors (Lipinski definition) is 1. The maximum atomic E-state index is 12.0. The number of benzene rings is 1. The Morgan fingerprint density at radius 1 is 1.19 bits per heavy atom. The summed E-state index contributed by atoms with van der Waals surface area (Å²) in [5.41, 5.74) is 2.40. The molecule has 0 saturated heterocycles. The number of hydrogen-bond acceptors (Lipinski definition) is 3. The molecule has 0 fully saturated rings. The molecular formula is C17H14N2O2.